The number of esters is 1. The maximum absolute atomic E-state index is 14.0. The Labute approximate surface area is 257 Å². The Morgan fingerprint density at radius 2 is 1.75 bits per heavy atom. The molecule has 4 N–H and O–H groups in total. The van der Waals surface area contributed by atoms with Gasteiger partial charge in [0, 0.05) is 11.9 Å². The van der Waals surface area contributed by atoms with Gasteiger partial charge in [-0.2, -0.15) is 0 Å². The van der Waals surface area contributed by atoms with Gasteiger partial charge in [0.2, 0.25) is 11.8 Å². The number of carbonyl (C=O) groups is 4. The summed E-state index contributed by atoms with van der Waals surface area (Å²) in [5.41, 5.74) is 4.21. The first kappa shape index (κ1) is 31.6. The lowest BCUT2D eigenvalue weighted by atomic mass is 9.71. The van der Waals surface area contributed by atoms with Crippen molar-refractivity contribution in [2.45, 2.75) is 96.6 Å². The van der Waals surface area contributed by atoms with E-state index >= 15 is 0 Å². The number of aromatic nitrogens is 1. The quantitative estimate of drug-likeness (QED) is 0.363. The van der Waals surface area contributed by atoms with Crippen LogP contribution in [0.5, 0.6) is 0 Å². The van der Waals surface area contributed by atoms with Gasteiger partial charge in [-0.25, -0.2) is 10.4 Å². The molecule has 3 heterocycles. The molecular weight excluding hydrogens is 562 g/mol. The number of nitrogens with zero attached hydrogens (tertiary/aromatic N) is 2. The number of aliphatic hydroxyl groups is 1. The third-order valence-electron chi connectivity index (χ3n) is 9.04. The van der Waals surface area contributed by atoms with Crippen LogP contribution in [-0.2, 0) is 23.9 Å². The van der Waals surface area contributed by atoms with Crippen LogP contribution < -0.4 is 16.1 Å². The van der Waals surface area contributed by atoms with E-state index < -0.39 is 53.5 Å². The molecule has 1 aromatic carbocycles. The molecule has 0 unspecified atom stereocenters. The molecule has 1 aromatic heterocycles. The third-order valence-corrected chi connectivity index (χ3v) is 9.04. The summed E-state index contributed by atoms with van der Waals surface area (Å²) in [5, 5.41) is 18.3. The number of hydrogen-bond donors (Lipinski definition) is 4. The number of benzene rings is 1. The number of cyclic esters (lactones) is 1. The molecule has 2 fully saturated rings. The number of hydrazine groups is 1. The molecule has 1 spiro atoms. The summed E-state index contributed by atoms with van der Waals surface area (Å²) in [6, 6.07) is 7.07. The summed E-state index contributed by atoms with van der Waals surface area (Å²) >= 11 is 0. The van der Waals surface area contributed by atoms with Crippen LogP contribution in [0.2, 0.25) is 0 Å². The van der Waals surface area contributed by atoms with E-state index in [9.17, 15) is 24.3 Å². The number of hydrogen-bond acceptors (Lipinski definition) is 8. The average Bonchev–Trinajstić information content (AvgIpc) is 3.01. The Bertz CT molecular complexity index is 1450. The van der Waals surface area contributed by atoms with E-state index in [1.54, 1.807) is 13.8 Å². The lowest BCUT2D eigenvalue weighted by Crippen LogP contribution is -2.61. The van der Waals surface area contributed by atoms with Crippen molar-refractivity contribution in [3.05, 3.63) is 47.7 Å². The van der Waals surface area contributed by atoms with Crippen molar-refractivity contribution >= 4 is 40.7 Å². The second-order valence-corrected chi connectivity index (χ2v) is 12.7. The first-order valence-electron chi connectivity index (χ1n) is 15.6. The maximum atomic E-state index is 14.0. The third kappa shape index (κ3) is 6.78. The lowest BCUT2D eigenvalue weighted by Gasteiger charge is -2.37. The molecule has 3 amide bonds. The zero-order valence-electron chi connectivity index (χ0n) is 25.8. The van der Waals surface area contributed by atoms with Gasteiger partial charge in [-0.1, -0.05) is 44.2 Å². The van der Waals surface area contributed by atoms with E-state index in [4.69, 9.17) is 9.72 Å². The molecule has 44 heavy (non-hydrogen) atoms. The lowest BCUT2D eigenvalue weighted by molar-refractivity contribution is -0.157. The smallest absolute Gasteiger partial charge is 0.325 e. The van der Waals surface area contributed by atoms with Crippen LogP contribution >= 0.6 is 0 Å². The monoisotopic (exact) mass is 605 g/mol. The van der Waals surface area contributed by atoms with Gasteiger partial charge >= 0.3 is 5.97 Å². The van der Waals surface area contributed by atoms with Gasteiger partial charge in [0.05, 0.1) is 22.7 Å². The van der Waals surface area contributed by atoms with Crippen LogP contribution in [0.1, 0.15) is 83.6 Å². The molecule has 1 saturated heterocycles. The number of fused-ring (bicyclic) bond motifs is 4. The average molecular weight is 606 g/mol. The summed E-state index contributed by atoms with van der Waals surface area (Å²) in [5.74, 6) is -1.89. The first-order valence-corrected chi connectivity index (χ1v) is 15.6. The standard InChI is InChI=1S/C33H43N5O6/c1-19(2)28-29(40)34-20(3)30(41)38-17-5-6-26(37-38)31(42)44-21(4)25-10-9-23-8-7-22(18-27(23)35-25)11-14-33(32(43)36-28)15-12-24(39)13-16-33/h7-11,14,18-21,24,26,28,37,39H,5-6,12-13,15-17H2,1-4H3,(H,34,40)(H,36,43)/b14-11+/t20-,21+,24-,26-,28-,33-/m0/s1. The number of carbonyl (C=O) groups excluding carboxylic acids is 4. The van der Waals surface area contributed by atoms with Crippen molar-refractivity contribution in [2.75, 3.05) is 6.54 Å². The second kappa shape index (κ2) is 13.0. The number of pyridine rings is 1. The van der Waals surface area contributed by atoms with E-state index in [0.29, 0.717) is 56.3 Å². The summed E-state index contributed by atoms with van der Waals surface area (Å²) in [6.45, 7) is 7.40. The highest BCUT2D eigenvalue weighted by Gasteiger charge is 2.42. The fourth-order valence-corrected chi connectivity index (χ4v) is 6.17. The molecule has 1 aliphatic carbocycles. The molecular formula is C33H43N5O6. The van der Waals surface area contributed by atoms with Crippen LogP contribution in [0.25, 0.3) is 17.0 Å². The maximum Gasteiger partial charge on any atom is 0.325 e. The highest BCUT2D eigenvalue weighted by molar-refractivity contribution is 5.94. The van der Waals surface area contributed by atoms with E-state index in [1.807, 2.05) is 56.3 Å². The van der Waals surface area contributed by atoms with Crippen LogP contribution in [0.15, 0.2) is 36.4 Å². The molecule has 4 atom stereocenters. The molecule has 236 valence electrons. The largest absolute Gasteiger partial charge is 0.455 e. The van der Waals surface area contributed by atoms with Crippen molar-refractivity contribution in [3.63, 3.8) is 0 Å². The van der Waals surface area contributed by atoms with E-state index in [-0.39, 0.29) is 11.8 Å². The molecule has 5 rings (SSSR count). The zero-order chi connectivity index (χ0) is 31.6. The van der Waals surface area contributed by atoms with E-state index in [1.165, 1.54) is 5.01 Å². The fraction of sp³-hybridized carbons (Fsp3) is 0.545. The van der Waals surface area contributed by atoms with Gasteiger partial charge in [0.1, 0.15) is 24.2 Å². The van der Waals surface area contributed by atoms with Crippen molar-refractivity contribution in [1.82, 2.24) is 26.1 Å². The van der Waals surface area contributed by atoms with Gasteiger partial charge in [-0.3, -0.25) is 24.2 Å². The molecule has 0 radical (unpaired) electrons. The Hall–Kier alpha value is -3.83. The molecule has 5 bridgehead atoms. The van der Waals surface area contributed by atoms with Crippen molar-refractivity contribution in [3.8, 4) is 0 Å². The number of amides is 3. The van der Waals surface area contributed by atoms with Crippen LogP contribution in [0.3, 0.4) is 0 Å². The zero-order valence-corrected chi connectivity index (χ0v) is 25.8. The van der Waals surface area contributed by atoms with Gasteiger partial charge in [0.25, 0.3) is 5.91 Å². The van der Waals surface area contributed by atoms with E-state index in [2.05, 4.69) is 16.1 Å². The van der Waals surface area contributed by atoms with Crippen molar-refractivity contribution in [2.24, 2.45) is 11.3 Å². The van der Waals surface area contributed by atoms with Gasteiger partial charge < -0.3 is 20.5 Å². The van der Waals surface area contributed by atoms with Gasteiger partial charge in [-0.05, 0) is 76.0 Å². The summed E-state index contributed by atoms with van der Waals surface area (Å²) in [6.07, 6.45) is 5.53. The highest BCUT2D eigenvalue weighted by atomic mass is 16.5. The minimum atomic E-state index is -0.924. The minimum Gasteiger partial charge on any atom is -0.455 e. The van der Waals surface area contributed by atoms with Crippen LogP contribution in [0.4, 0.5) is 0 Å². The molecule has 3 aliphatic rings. The molecule has 11 nitrogen and oxygen atoms in total. The highest BCUT2D eigenvalue weighted by Crippen LogP contribution is 2.39. The Kier molecular flexibility index (Phi) is 9.36. The Morgan fingerprint density at radius 3 is 2.48 bits per heavy atom. The SMILES string of the molecule is CC(C)[C@@H]1NC(=O)[C@]2(/C=C/c3ccc4ccc(nc4c3)[C@@H](C)OC(=O)[C@@H]3CCCN(N3)C(=O)[C@H](C)NC1=O)CC[C@@H](O)CC2. The number of ether oxygens (including phenoxy) is 1. The minimum absolute atomic E-state index is 0.256. The first-order chi connectivity index (χ1) is 21.0. The fourth-order valence-electron chi connectivity index (χ4n) is 6.17. The predicted octanol–water partition coefficient (Wildman–Crippen LogP) is 2.93. The summed E-state index contributed by atoms with van der Waals surface area (Å²) < 4.78 is 5.78. The van der Waals surface area contributed by atoms with Crippen LogP contribution in [-0.4, -0.2) is 69.6 Å². The van der Waals surface area contributed by atoms with E-state index in [0.717, 1.165) is 10.9 Å². The van der Waals surface area contributed by atoms with Gasteiger partial charge in [-0.15, -0.1) is 0 Å². The topological polar surface area (TPSA) is 150 Å². The van der Waals surface area contributed by atoms with Crippen molar-refractivity contribution < 1.29 is 29.0 Å². The molecule has 1 saturated carbocycles. The Balaban J connectivity index is 1.53. The number of aliphatic hydroxyl groups excluding tert-OH is 1. The molecule has 11 heteroatoms. The normalized spacial score (nSPS) is 31.5. The Morgan fingerprint density at radius 1 is 1.02 bits per heavy atom. The summed E-state index contributed by atoms with van der Waals surface area (Å²) in [4.78, 5) is 58.7. The summed E-state index contributed by atoms with van der Waals surface area (Å²) in [7, 11) is 0. The predicted molar refractivity (Wildman–Crippen MR) is 164 cm³/mol. The van der Waals surface area contributed by atoms with Crippen LogP contribution in [0, 0.1) is 11.3 Å². The van der Waals surface area contributed by atoms with Crippen molar-refractivity contribution in [1.29, 1.82) is 0 Å². The molecule has 2 aromatic rings. The van der Waals surface area contributed by atoms with Gasteiger partial charge in [0.15, 0.2) is 0 Å². The molecule has 2 aliphatic heterocycles. The number of rotatable bonds is 1. The number of nitrogens with one attached hydrogen (secondary N) is 3. The second-order valence-electron chi connectivity index (χ2n) is 12.7.